The van der Waals surface area contributed by atoms with Gasteiger partial charge < -0.3 is 24.4 Å². The van der Waals surface area contributed by atoms with Gasteiger partial charge in [0.1, 0.15) is 23.3 Å². The van der Waals surface area contributed by atoms with Gasteiger partial charge in [0, 0.05) is 24.9 Å². The van der Waals surface area contributed by atoms with Crippen molar-refractivity contribution >= 4 is 11.8 Å². The summed E-state index contributed by atoms with van der Waals surface area (Å²) in [4.78, 5) is 29.1. The fourth-order valence-electron chi connectivity index (χ4n) is 4.20. The molecule has 0 aromatic heterocycles. The van der Waals surface area contributed by atoms with Crippen molar-refractivity contribution in [3.05, 3.63) is 90.0 Å². The quantitative estimate of drug-likeness (QED) is 0.298. The molecule has 0 aliphatic rings. The topological polar surface area (TPSA) is 77.1 Å². The number of carbonyl (C=O) groups excluding carboxylic acids is 2. The molecule has 3 rings (SSSR count). The molecule has 1 N–H and O–H groups in total. The Morgan fingerprint density at radius 1 is 0.821 bits per heavy atom. The number of ether oxygens (including phenoxy) is 3. The molecule has 7 heteroatoms. The van der Waals surface area contributed by atoms with E-state index in [2.05, 4.69) is 5.32 Å². The van der Waals surface area contributed by atoms with Gasteiger partial charge >= 0.3 is 0 Å². The Hall–Kier alpha value is -4.00. The van der Waals surface area contributed by atoms with Gasteiger partial charge in [-0.25, -0.2) is 0 Å². The lowest BCUT2D eigenvalue weighted by atomic mass is 10.00. The number of carbonyl (C=O) groups is 2. The second kappa shape index (κ2) is 14.2. The molecular weight excluding hydrogens is 492 g/mol. The lowest BCUT2D eigenvalue weighted by molar-refractivity contribution is -0.142. The van der Waals surface area contributed by atoms with Gasteiger partial charge in [-0.05, 0) is 74.7 Å². The second-order valence-electron chi connectivity index (χ2n) is 10.4. The summed E-state index contributed by atoms with van der Waals surface area (Å²) in [5, 5.41) is 3.09. The lowest BCUT2D eigenvalue weighted by Crippen LogP contribution is -2.54. The van der Waals surface area contributed by atoms with Crippen LogP contribution in [0.2, 0.25) is 0 Å². The zero-order valence-electron chi connectivity index (χ0n) is 23.6. The van der Waals surface area contributed by atoms with E-state index in [9.17, 15) is 9.59 Å². The molecule has 0 radical (unpaired) electrons. The number of amides is 2. The van der Waals surface area contributed by atoms with Crippen LogP contribution in [-0.2, 0) is 22.6 Å². The Labute approximate surface area is 232 Å². The van der Waals surface area contributed by atoms with Crippen molar-refractivity contribution in [3.63, 3.8) is 0 Å². The van der Waals surface area contributed by atoms with E-state index in [1.165, 1.54) is 0 Å². The van der Waals surface area contributed by atoms with Crippen LogP contribution < -0.4 is 19.5 Å². The first-order valence-electron chi connectivity index (χ1n) is 13.2. The molecule has 39 heavy (non-hydrogen) atoms. The van der Waals surface area contributed by atoms with Gasteiger partial charge in [0.2, 0.25) is 11.8 Å². The average molecular weight is 533 g/mol. The molecule has 3 aromatic rings. The zero-order chi connectivity index (χ0) is 28.3. The van der Waals surface area contributed by atoms with Crippen molar-refractivity contribution in [3.8, 4) is 17.2 Å². The van der Waals surface area contributed by atoms with E-state index in [0.29, 0.717) is 30.9 Å². The molecule has 0 unspecified atom stereocenters. The highest BCUT2D eigenvalue weighted by Gasteiger charge is 2.32. The fraction of sp³-hybridized carbons (Fsp3) is 0.375. The van der Waals surface area contributed by atoms with Crippen molar-refractivity contribution in [1.82, 2.24) is 10.2 Å². The summed E-state index contributed by atoms with van der Waals surface area (Å²) >= 11 is 0. The Kier molecular flexibility index (Phi) is 10.8. The van der Waals surface area contributed by atoms with Crippen molar-refractivity contribution < 1.29 is 23.8 Å². The normalized spacial score (nSPS) is 11.8. The van der Waals surface area contributed by atoms with Crippen LogP contribution in [-0.4, -0.2) is 49.1 Å². The van der Waals surface area contributed by atoms with E-state index in [1.807, 2.05) is 99.6 Å². The maximum Gasteiger partial charge on any atom is 0.243 e. The van der Waals surface area contributed by atoms with E-state index >= 15 is 0 Å². The molecule has 7 nitrogen and oxygen atoms in total. The average Bonchev–Trinajstić information content (AvgIpc) is 2.93. The van der Waals surface area contributed by atoms with Crippen LogP contribution >= 0.6 is 0 Å². The number of rotatable bonds is 13. The molecular formula is C32H40N2O5. The van der Waals surface area contributed by atoms with Gasteiger partial charge in [-0.1, -0.05) is 42.5 Å². The molecule has 1 atom stereocenters. The van der Waals surface area contributed by atoms with E-state index < -0.39 is 11.6 Å². The van der Waals surface area contributed by atoms with Gasteiger partial charge in [-0.15, -0.1) is 0 Å². The zero-order valence-corrected chi connectivity index (χ0v) is 23.6. The third-order valence-corrected chi connectivity index (χ3v) is 6.12. The third kappa shape index (κ3) is 9.67. The Balaban J connectivity index is 1.81. The van der Waals surface area contributed by atoms with Crippen LogP contribution in [0.1, 0.15) is 44.7 Å². The maximum atomic E-state index is 13.7. The third-order valence-electron chi connectivity index (χ3n) is 6.12. The molecule has 3 aromatic carbocycles. The minimum absolute atomic E-state index is 0.110. The number of benzene rings is 3. The van der Waals surface area contributed by atoms with Crippen LogP contribution in [0.25, 0.3) is 0 Å². The Morgan fingerprint density at radius 3 is 2.10 bits per heavy atom. The molecule has 0 bridgehead atoms. The summed E-state index contributed by atoms with van der Waals surface area (Å²) in [5.74, 6) is 1.87. The smallest absolute Gasteiger partial charge is 0.243 e. The second-order valence-corrected chi connectivity index (χ2v) is 10.4. The predicted molar refractivity (Wildman–Crippen MR) is 153 cm³/mol. The molecule has 208 valence electrons. The van der Waals surface area contributed by atoms with Gasteiger partial charge in [0.05, 0.1) is 20.8 Å². The first kappa shape index (κ1) is 29.6. The highest BCUT2D eigenvalue weighted by atomic mass is 16.5. The van der Waals surface area contributed by atoms with Crippen molar-refractivity contribution in [2.75, 3.05) is 20.8 Å². The Morgan fingerprint density at radius 2 is 1.46 bits per heavy atom. The minimum atomic E-state index is -0.687. The number of nitrogens with one attached hydrogen (secondary N) is 1. The van der Waals surface area contributed by atoms with Gasteiger partial charge in [-0.2, -0.15) is 0 Å². The summed E-state index contributed by atoms with van der Waals surface area (Å²) in [7, 11) is 3.23. The lowest BCUT2D eigenvalue weighted by Gasteiger charge is -2.34. The Bertz CT molecular complexity index is 1190. The van der Waals surface area contributed by atoms with E-state index in [4.69, 9.17) is 14.2 Å². The number of nitrogens with zero attached hydrogens (tertiary/aromatic N) is 1. The standard InChI is InChI=1S/C32H40N2O5/c1-32(2,3)33-31(36)29(22-24-11-7-6-8-12-24)34(23-25-13-9-14-28(21-25)38-5)30(35)15-10-20-39-27-18-16-26(37-4)17-19-27/h6-9,11-14,16-19,21,29H,10,15,20,22-23H2,1-5H3,(H,33,36)/t29-/m0/s1. The monoisotopic (exact) mass is 532 g/mol. The highest BCUT2D eigenvalue weighted by molar-refractivity contribution is 5.88. The largest absolute Gasteiger partial charge is 0.497 e. The molecule has 0 saturated heterocycles. The first-order chi connectivity index (χ1) is 18.7. The van der Waals surface area contributed by atoms with E-state index in [-0.39, 0.29) is 24.8 Å². The van der Waals surface area contributed by atoms with Crippen molar-refractivity contribution in [2.24, 2.45) is 0 Å². The summed E-state index contributed by atoms with van der Waals surface area (Å²) in [6, 6.07) is 24.0. The SMILES string of the molecule is COc1ccc(OCCCC(=O)N(Cc2cccc(OC)c2)[C@@H](Cc2ccccc2)C(=O)NC(C)(C)C)cc1. The van der Waals surface area contributed by atoms with Crippen LogP contribution in [0.5, 0.6) is 17.2 Å². The number of methoxy groups -OCH3 is 2. The van der Waals surface area contributed by atoms with Crippen LogP contribution in [0.4, 0.5) is 0 Å². The molecule has 2 amide bonds. The summed E-state index contributed by atoms with van der Waals surface area (Å²) < 4.78 is 16.4. The number of hydrogen-bond acceptors (Lipinski definition) is 5. The van der Waals surface area contributed by atoms with Crippen LogP contribution in [0.15, 0.2) is 78.9 Å². The van der Waals surface area contributed by atoms with Crippen molar-refractivity contribution in [2.45, 2.75) is 58.2 Å². The number of hydrogen-bond donors (Lipinski definition) is 1. The van der Waals surface area contributed by atoms with Crippen molar-refractivity contribution in [1.29, 1.82) is 0 Å². The van der Waals surface area contributed by atoms with Crippen LogP contribution in [0.3, 0.4) is 0 Å². The maximum absolute atomic E-state index is 13.7. The molecule has 0 aliphatic heterocycles. The molecule has 0 heterocycles. The molecule has 0 saturated carbocycles. The minimum Gasteiger partial charge on any atom is -0.497 e. The summed E-state index contributed by atoms with van der Waals surface area (Å²) in [6.45, 7) is 6.48. The van der Waals surface area contributed by atoms with Gasteiger partial charge in [0.15, 0.2) is 0 Å². The molecule has 0 spiro atoms. The highest BCUT2D eigenvalue weighted by Crippen LogP contribution is 2.21. The fourth-order valence-corrected chi connectivity index (χ4v) is 4.20. The molecule has 0 fully saturated rings. The summed E-state index contributed by atoms with van der Waals surface area (Å²) in [5.41, 5.74) is 1.43. The van der Waals surface area contributed by atoms with E-state index in [0.717, 1.165) is 16.9 Å². The van der Waals surface area contributed by atoms with E-state index in [1.54, 1.807) is 19.1 Å². The van der Waals surface area contributed by atoms with Gasteiger partial charge in [0.25, 0.3) is 0 Å². The van der Waals surface area contributed by atoms with Crippen LogP contribution in [0, 0.1) is 0 Å². The first-order valence-corrected chi connectivity index (χ1v) is 13.2. The predicted octanol–water partition coefficient (Wildman–Crippen LogP) is 5.42. The van der Waals surface area contributed by atoms with Gasteiger partial charge in [-0.3, -0.25) is 9.59 Å². The molecule has 0 aliphatic carbocycles. The summed E-state index contributed by atoms with van der Waals surface area (Å²) in [6.07, 6.45) is 1.16.